The van der Waals surface area contributed by atoms with Crippen molar-refractivity contribution in [2.24, 2.45) is 4.99 Å². The van der Waals surface area contributed by atoms with E-state index in [0.717, 1.165) is 13.0 Å². The van der Waals surface area contributed by atoms with E-state index >= 15 is 0 Å². The Morgan fingerprint density at radius 1 is 0.964 bits per heavy atom. The Morgan fingerprint density at radius 3 is 2.21 bits per heavy atom. The van der Waals surface area contributed by atoms with Gasteiger partial charge in [-0.15, -0.1) is 0 Å². The largest absolute Gasteiger partial charge is 0.356 e. The summed E-state index contributed by atoms with van der Waals surface area (Å²) in [5.74, 6) is 1.03. The van der Waals surface area contributed by atoms with Gasteiger partial charge in [0, 0.05) is 32.6 Å². The topological polar surface area (TPSA) is 82.6 Å². The highest BCUT2D eigenvalue weighted by atomic mass is 32.2. The van der Waals surface area contributed by atoms with E-state index in [1.165, 1.54) is 11.1 Å². The molecule has 0 amide bonds. The van der Waals surface area contributed by atoms with Crippen LogP contribution in [-0.4, -0.2) is 46.8 Å². The Hall–Kier alpha value is -2.38. The number of hydrogen-bond donors (Lipinski definition) is 3. The molecule has 152 valence electrons. The lowest BCUT2D eigenvalue weighted by Gasteiger charge is -2.20. The van der Waals surface area contributed by atoms with Gasteiger partial charge in [-0.2, -0.15) is 0 Å². The van der Waals surface area contributed by atoms with E-state index in [-0.39, 0.29) is 5.75 Å². The Bertz CT molecular complexity index is 824. The first-order valence-electron chi connectivity index (χ1n) is 9.54. The average Bonchev–Trinajstić information content (AvgIpc) is 2.73. The van der Waals surface area contributed by atoms with Crippen LogP contribution in [-0.2, 0) is 16.4 Å². The molecule has 0 heterocycles. The number of guanidine groups is 1. The zero-order chi connectivity index (χ0) is 20.2. The second-order valence-electron chi connectivity index (χ2n) is 6.47. The third-order valence-electron chi connectivity index (χ3n) is 4.45. The summed E-state index contributed by atoms with van der Waals surface area (Å²) < 4.78 is 25.5. The van der Waals surface area contributed by atoms with Crippen LogP contribution in [0.25, 0.3) is 0 Å². The first-order valence-corrected chi connectivity index (χ1v) is 11.2. The van der Waals surface area contributed by atoms with Gasteiger partial charge in [-0.3, -0.25) is 4.99 Å². The number of benzene rings is 2. The predicted octanol–water partition coefficient (Wildman–Crippen LogP) is 2.12. The lowest BCUT2D eigenvalue weighted by molar-refractivity contribution is 0.581. The molecule has 1 atom stereocenters. The summed E-state index contributed by atoms with van der Waals surface area (Å²) >= 11 is 0. The highest BCUT2D eigenvalue weighted by Crippen LogP contribution is 2.20. The average molecular weight is 403 g/mol. The van der Waals surface area contributed by atoms with Crippen LogP contribution >= 0.6 is 0 Å². The molecule has 2 rings (SSSR count). The molecule has 6 nitrogen and oxygen atoms in total. The van der Waals surface area contributed by atoms with Crippen molar-refractivity contribution in [3.63, 3.8) is 0 Å². The summed E-state index contributed by atoms with van der Waals surface area (Å²) in [6.45, 7) is 3.13. The SMILES string of the molecule is CCS(=O)(=O)NCCNC(=NC)NCC(Cc1ccccc1)c1ccccc1. The zero-order valence-electron chi connectivity index (χ0n) is 16.6. The van der Waals surface area contributed by atoms with E-state index in [1.807, 2.05) is 12.1 Å². The summed E-state index contributed by atoms with van der Waals surface area (Å²) in [6.07, 6.45) is 0.922. The van der Waals surface area contributed by atoms with Crippen LogP contribution in [0, 0.1) is 0 Å². The number of aliphatic imine (C=N–C) groups is 1. The summed E-state index contributed by atoms with van der Waals surface area (Å²) in [6, 6.07) is 20.8. The van der Waals surface area contributed by atoms with Crippen molar-refractivity contribution < 1.29 is 8.42 Å². The maximum absolute atomic E-state index is 11.5. The highest BCUT2D eigenvalue weighted by molar-refractivity contribution is 7.89. The van der Waals surface area contributed by atoms with Gasteiger partial charge in [0.15, 0.2) is 5.96 Å². The Morgan fingerprint density at radius 2 is 1.61 bits per heavy atom. The summed E-state index contributed by atoms with van der Waals surface area (Å²) in [5, 5.41) is 6.51. The van der Waals surface area contributed by atoms with Crippen molar-refractivity contribution >= 4 is 16.0 Å². The Labute approximate surface area is 168 Å². The lowest BCUT2D eigenvalue weighted by Crippen LogP contribution is -2.43. The molecule has 28 heavy (non-hydrogen) atoms. The Kier molecular flexibility index (Phi) is 8.97. The van der Waals surface area contributed by atoms with Gasteiger partial charge in [-0.05, 0) is 24.5 Å². The van der Waals surface area contributed by atoms with Gasteiger partial charge in [0.2, 0.25) is 10.0 Å². The molecule has 0 aliphatic carbocycles. The summed E-state index contributed by atoms with van der Waals surface area (Å²) in [5.41, 5.74) is 2.56. The number of nitrogens with zero attached hydrogens (tertiary/aromatic N) is 1. The van der Waals surface area contributed by atoms with Crippen molar-refractivity contribution in [2.75, 3.05) is 32.4 Å². The normalized spacial score (nSPS) is 13.1. The van der Waals surface area contributed by atoms with Crippen molar-refractivity contribution in [3.8, 4) is 0 Å². The molecule has 7 heteroatoms. The van der Waals surface area contributed by atoms with E-state index < -0.39 is 10.0 Å². The third kappa shape index (κ3) is 7.70. The standard InChI is InChI=1S/C21H30N4O2S/c1-3-28(26,27)25-15-14-23-21(22-2)24-17-20(19-12-8-5-9-13-19)16-18-10-6-4-7-11-18/h4-13,20,25H,3,14-17H2,1-2H3,(H2,22,23,24). The highest BCUT2D eigenvalue weighted by Gasteiger charge is 2.13. The van der Waals surface area contributed by atoms with Crippen LogP contribution in [0.4, 0.5) is 0 Å². The van der Waals surface area contributed by atoms with Crippen LogP contribution < -0.4 is 15.4 Å². The second kappa shape index (κ2) is 11.5. The molecule has 2 aromatic carbocycles. The fraction of sp³-hybridized carbons (Fsp3) is 0.381. The molecule has 0 bridgehead atoms. The minimum Gasteiger partial charge on any atom is -0.356 e. The molecule has 0 saturated carbocycles. The van der Waals surface area contributed by atoms with Gasteiger partial charge in [0.1, 0.15) is 0 Å². The molecule has 2 aromatic rings. The van der Waals surface area contributed by atoms with Crippen LogP contribution in [0.15, 0.2) is 65.7 Å². The van der Waals surface area contributed by atoms with E-state index in [2.05, 4.69) is 68.9 Å². The van der Waals surface area contributed by atoms with E-state index in [0.29, 0.717) is 25.0 Å². The predicted molar refractivity (Wildman–Crippen MR) is 116 cm³/mol. The molecule has 0 radical (unpaired) electrons. The molecular formula is C21H30N4O2S. The molecule has 0 saturated heterocycles. The molecule has 0 spiro atoms. The molecule has 1 unspecified atom stereocenters. The third-order valence-corrected chi connectivity index (χ3v) is 5.86. The van der Waals surface area contributed by atoms with Crippen LogP contribution in [0.1, 0.15) is 24.0 Å². The molecule has 0 aliphatic heterocycles. The van der Waals surface area contributed by atoms with Gasteiger partial charge in [0.25, 0.3) is 0 Å². The van der Waals surface area contributed by atoms with E-state index in [9.17, 15) is 8.42 Å². The molecule has 3 N–H and O–H groups in total. The fourth-order valence-electron chi connectivity index (χ4n) is 2.86. The van der Waals surface area contributed by atoms with E-state index in [1.54, 1.807) is 14.0 Å². The van der Waals surface area contributed by atoms with Gasteiger partial charge < -0.3 is 10.6 Å². The van der Waals surface area contributed by atoms with Crippen LogP contribution in [0.2, 0.25) is 0 Å². The van der Waals surface area contributed by atoms with Gasteiger partial charge in [-0.25, -0.2) is 13.1 Å². The maximum atomic E-state index is 11.5. The van der Waals surface area contributed by atoms with Crippen LogP contribution in [0.5, 0.6) is 0 Å². The molecule has 0 aromatic heterocycles. The number of rotatable bonds is 10. The first-order chi connectivity index (χ1) is 13.5. The van der Waals surface area contributed by atoms with Crippen molar-refractivity contribution in [1.82, 2.24) is 15.4 Å². The minimum absolute atomic E-state index is 0.0816. The zero-order valence-corrected chi connectivity index (χ0v) is 17.4. The fourth-order valence-corrected chi connectivity index (χ4v) is 3.48. The summed E-state index contributed by atoms with van der Waals surface area (Å²) in [4.78, 5) is 4.23. The summed E-state index contributed by atoms with van der Waals surface area (Å²) in [7, 11) is -1.46. The number of hydrogen-bond acceptors (Lipinski definition) is 3. The van der Waals surface area contributed by atoms with Crippen molar-refractivity contribution in [2.45, 2.75) is 19.3 Å². The lowest BCUT2D eigenvalue weighted by atomic mass is 9.92. The van der Waals surface area contributed by atoms with E-state index in [4.69, 9.17) is 0 Å². The van der Waals surface area contributed by atoms with Crippen LogP contribution in [0.3, 0.4) is 0 Å². The number of sulfonamides is 1. The smallest absolute Gasteiger partial charge is 0.211 e. The molecular weight excluding hydrogens is 372 g/mol. The Balaban J connectivity index is 1.92. The minimum atomic E-state index is -3.17. The molecule has 0 fully saturated rings. The first kappa shape index (κ1) is 21.9. The molecule has 0 aliphatic rings. The van der Waals surface area contributed by atoms with Crippen molar-refractivity contribution in [1.29, 1.82) is 0 Å². The van der Waals surface area contributed by atoms with Crippen molar-refractivity contribution in [3.05, 3.63) is 71.8 Å². The van der Waals surface area contributed by atoms with Gasteiger partial charge in [0.05, 0.1) is 5.75 Å². The maximum Gasteiger partial charge on any atom is 0.211 e. The van der Waals surface area contributed by atoms with Gasteiger partial charge in [-0.1, -0.05) is 60.7 Å². The number of nitrogens with one attached hydrogen (secondary N) is 3. The van der Waals surface area contributed by atoms with Gasteiger partial charge >= 0.3 is 0 Å². The monoisotopic (exact) mass is 402 g/mol. The quantitative estimate of drug-likeness (QED) is 0.323. The second-order valence-corrected chi connectivity index (χ2v) is 8.57.